The van der Waals surface area contributed by atoms with Crippen LogP contribution < -0.4 is 5.32 Å². The predicted octanol–water partition coefficient (Wildman–Crippen LogP) is 1.46. The normalized spacial score (nSPS) is 12.1. The van der Waals surface area contributed by atoms with Crippen molar-refractivity contribution in [2.75, 3.05) is 13.2 Å². The Morgan fingerprint density at radius 3 is 2.65 bits per heavy atom. The van der Waals surface area contributed by atoms with Crippen molar-refractivity contribution in [1.29, 1.82) is 0 Å². The van der Waals surface area contributed by atoms with Gasteiger partial charge in [-0.25, -0.2) is 8.78 Å². The fourth-order valence-corrected chi connectivity index (χ4v) is 2.19. The fourth-order valence-electron chi connectivity index (χ4n) is 1.43. The van der Waals surface area contributed by atoms with E-state index in [1.54, 1.807) is 11.7 Å². The second kappa shape index (κ2) is 5.88. The summed E-state index contributed by atoms with van der Waals surface area (Å²) in [5.74, 6) is -3.08. The molecule has 0 aromatic carbocycles. The molecule has 0 bridgehead atoms. The van der Waals surface area contributed by atoms with E-state index in [4.69, 9.17) is 5.11 Å². The standard InChI is InChI=1S/C10H16BrF2N3O/c1-3-7-9(11)8(16(2)15-7)4-14-5-10(12,13)6-17/h14,17H,3-6H2,1-2H3. The minimum absolute atomic E-state index is 0.277. The molecule has 0 spiro atoms. The van der Waals surface area contributed by atoms with E-state index in [0.717, 1.165) is 22.3 Å². The third kappa shape index (κ3) is 3.72. The van der Waals surface area contributed by atoms with Gasteiger partial charge in [-0.1, -0.05) is 6.92 Å². The summed E-state index contributed by atoms with van der Waals surface area (Å²) in [6.45, 7) is 0.555. The van der Waals surface area contributed by atoms with Crippen LogP contribution in [-0.2, 0) is 20.0 Å². The largest absolute Gasteiger partial charge is 0.390 e. The Kier molecular flexibility index (Phi) is 5.03. The number of aromatic nitrogens is 2. The van der Waals surface area contributed by atoms with Gasteiger partial charge in [-0.05, 0) is 22.4 Å². The molecule has 0 fully saturated rings. The summed E-state index contributed by atoms with van der Waals surface area (Å²) < 4.78 is 28.1. The highest BCUT2D eigenvalue weighted by Crippen LogP contribution is 2.21. The number of rotatable bonds is 6. The molecule has 0 unspecified atom stereocenters. The number of alkyl halides is 2. The number of aliphatic hydroxyl groups excluding tert-OH is 1. The molecule has 1 aromatic heterocycles. The van der Waals surface area contributed by atoms with Crippen molar-refractivity contribution >= 4 is 15.9 Å². The van der Waals surface area contributed by atoms with Gasteiger partial charge in [-0.15, -0.1) is 0 Å². The zero-order chi connectivity index (χ0) is 13.1. The molecule has 1 aromatic rings. The van der Waals surface area contributed by atoms with E-state index < -0.39 is 19.1 Å². The van der Waals surface area contributed by atoms with Gasteiger partial charge >= 0.3 is 0 Å². The molecule has 0 saturated heterocycles. The Morgan fingerprint density at radius 1 is 1.53 bits per heavy atom. The molecule has 0 radical (unpaired) electrons. The zero-order valence-corrected chi connectivity index (χ0v) is 11.4. The summed E-state index contributed by atoms with van der Waals surface area (Å²) in [6.07, 6.45) is 0.779. The first-order chi connectivity index (χ1) is 7.91. The number of nitrogens with zero attached hydrogens (tertiary/aromatic N) is 2. The lowest BCUT2D eigenvalue weighted by Gasteiger charge is -2.14. The van der Waals surface area contributed by atoms with Crippen molar-refractivity contribution in [3.8, 4) is 0 Å². The van der Waals surface area contributed by atoms with E-state index in [9.17, 15) is 8.78 Å². The van der Waals surface area contributed by atoms with Crippen LogP contribution in [0.4, 0.5) is 8.78 Å². The molecule has 17 heavy (non-hydrogen) atoms. The second-order valence-corrected chi connectivity index (χ2v) is 4.60. The van der Waals surface area contributed by atoms with Crippen LogP contribution in [0.3, 0.4) is 0 Å². The van der Waals surface area contributed by atoms with Gasteiger partial charge in [0.15, 0.2) is 0 Å². The summed E-state index contributed by atoms with van der Waals surface area (Å²) in [6, 6.07) is 0. The van der Waals surface area contributed by atoms with Gasteiger partial charge < -0.3 is 10.4 Å². The monoisotopic (exact) mass is 311 g/mol. The smallest absolute Gasteiger partial charge is 0.282 e. The second-order valence-electron chi connectivity index (χ2n) is 3.80. The van der Waals surface area contributed by atoms with Crippen molar-refractivity contribution in [2.24, 2.45) is 7.05 Å². The quantitative estimate of drug-likeness (QED) is 0.836. The highest BCUT2D eigenvalue weighted by Gasteiger charge is 2.27. The van der Waals surface area contributed by atoms with Gasteiger partial charge in [0, 0.05) is 13.6 Å². The molecule has 98 valence electrons. The van der Waals surface area contributed by atoms with E-state index in [-0.39, 0.29) is 6.54 Å². The third-order valence-electron chi connectivity index (χ3n) is 2.41. The first-order valence-corrected chi connectivity index (χ1v) is 6.10. The van der Waals surface area contributed by atoms with Crippen LogP contribution in [-0.4, -0.2) is 34.0 Å². The van der Waals surface area contributed by atoms with Crippen molar-refractivity contribution in [1.82, 2.24) is 15.1 Å². The van der Waals surface area contributed by atoms with Gasteiger partial charge in [-0.3, -0.25) is 4.68 Å². The molecule has 2 N–H and O–H groups in total. The van der Waals surface area contributed by atoms with Crippen LogP contribution in [0.15, 0.2) is 4.47 Å². The number of hydrogen-bond donors (Lipinski definition) is 2. The molecule has 7 heteroatoms. The van der Waals surface area contributed by atoms with Crippen LogP contribution in [0, 0.1) is 0 Å². The zero-order valence-electron chi connectivity index (χ0n) is 9.80. The van der Waals surface area contributed by atoms with E-state index in [0.29, 0.717) is 0 Å². The SMILES string of the molecule is CCc1nn(C)c(CNCC(F)(F)CO)c1Br. The van der Waals surface area contributed by atoms with Crippen molar-refractivity contribution in [3.05, 3.63) is 15.9 Å². The Morgan fingerprint density at radius 2 is 2.18 bits per heavy atom. The molecule has 0 aliphatic heterocycles. The summed E-state index contributed by atoms with van der Waals surface area (Å²) in [4.78, 5) is 0. The fraction of sp³-hybridized carbons (Fsp3) is 0.700. The highest BCUT2D eigenvalue weighted by molar-refractivity contribution is 9.10. The van der Waals surface area contributed by atoms with Gasteiger partial charge in [0.1, 0.15) is 6.61 Å². The van der Waals surface area contributed by atoms with Gasteiger partial charge in [-0.2, -0.15) is 5.10 Å². The predicted molar refractivity (Wildman–Crippen MR) is 64.0 cm³/mol. The van der Waals surface area contributed by atoms with Crippen molar-refractivity contribution in [3.63, 3.8) is 0 Å². The Bertz CT molecular complexity index is 382. The van der Waals surface area contributed by atoms with Crippen molar-refractivity contribution < 1.29 is 13.9 Å². The lowest BCUT2D eigenvalue weighted by atomic mass is 10.3. The van der Waals surface area contributed by atoms with Crippen molar-refractivity contribution in [2.45, 2.75) is 25.8 Å². The molecule has 0 atom stereocenters. The molecule has 0 aliphatic carbocycles. The lowest BCUT2D eigenvalue weighted by molar-refractivity contribution is -0.0478. The van der Waals surface area contributed by atoms with E-state index in [1.165, 1.54) is 0 Å². The van der Waals surface area contributed by atoms with Crippen LogP contribution in [0.1, 0.15) is 18.3 Å². The minimum Gasteiger partial charge on any atom is -0.390 e. The number of aliphatic hydroxyl groups is 1. The number of nitrogens with one attached hydrogen (secondary N) is 1. The molecule has 1 rings (SSSR count). The van der Waals surface area contributed by atoms with Crippen LogP contribution in [0.5, 0.6) is 0 Å². The maximum atomic E-state index is 12.8. The van der Waals surface area contributed by atoms with E-state index in [2.05, 4.69) is 26.3 Å². The average molecular weight is 312 g/mol. The molecule has 1 heterocycles. The maximum Gasteiger partial charge on any atom is 0.282 e. The average Bonchev–Trinajstić information content (AvgIpc) is 2.56. The van der Waals surface area contributed by atoms with Crippen LogP contribution >= 0.6 is 15.9 Å². The van der Waals surface area contributed by atoms with Gasteiger partial charge in [0.05, 0.1) is 22.4 Å². The first kappa shape index (κ1) is 14.5. The lowest BCUT2D eigenvalue weighted by Crippen LogP contribution is -2.35. The van der Waals surface area contributed by atoms with Crippen LogP contribution in [0.2, 0.25) is 0 Å². The number of halogens is 3. The Hall–Kier alpha value is -0.530. The maximum absolute atomic E-state index is 12.8. The third-order valence-corrected chi connectivity index (χ3v) is 3.33. The highest BCUT2D eigenvalue weighted by atomic mass is 79.9. The number of aryl methyl sites for hydroxylation is 2. The Labute approximate surface area is 107 Å². The molecular weight excluding hydrogens is 296 g/mol. The van der Waals surface area contributed by atoms with E-state index in [1.807, 2.05) is 6.92 Å². The van der Waals surface area contributed by atoms with Gasteiger partial charge in [0.25, 0.3) is 5.92 Å². The molecule has 4 nitrogen and oxygen atoms in total. The summed E-state index contributed by atoms with van der Waals surface area (Å²) in [5.41, 5.74) is 1.72. The summed E-state index contributed by atoms with van der Waals surface area (Å²) in [7, 11) is 1.77. The summed E-state index contributed by atoms with van der Waals surface area (Å²) in [5, 5.41) is 15.3. The number of hydrogen-bond acceptors (Lipinski definition) is 3. The van der Waals surface area contributed by atoms with E-state index >= 15 is 0 Å². The molecular formula is C10H16BrF2N3O. The van der Waals surface area contributed by atoms with Crippen LogP contribution in [0.25, 0.3) is 0 Å². The molecule has 0 aliphatic rings. The first-order valence-electron chi connectivity index (χ1n) is 5.31. The molecule has 0 amide bonds. The van der Waals surface area contributed by atoms with Gasteiger partial charge in [0.2, 0.25) is 0 Å². The topological polar surface area (TPSA) is 50.1 Å². The Balaban J connectivity index is 2.61. The summed E-state index contributed by atoms with van der Waals surface area (Å²) >= 11 is 3.40. The molecule has 0 saturated carbocycles. The minimum atomic E-state index is -3.08.